The lowest BCUT2D eigenvalue weighted by atomic mass is 10.3. The van der Waals surface area contributed by atoms with Gasteiger partial charge < -0.3 is 9.47 Å². The van der Waals surface area contributed by atoms with Crippen molar-refractivity contribution < 1.29 is 22.6 Å². The molecule has 0 spiro atoms. The first-order chi connectivity index (χ1) is 8.06. The smallest absolute Gasteiger partial charge is 0.204 e. The SMILES string of the molecule is CC(C)Oc1ccc(OCCCF)c(F)c1F. The average molecular weight is 248 g/mol. The summed E-state index contributed by atoms with van der Waals surface area (Å²) < 4.78 is 48.7. The quantitative estimate of drug-likeness (QED) is 0.717. The number of hydrogen-bond donors (Lipinski definition) is 0. The molecule has 0 bridgehead atoms. The van der Waals surface area contributed by atoms with Gasteiger partial charge in [-0.3, -0.25) is 4.39 Å². The van der Waals surface area contributed by atoms with Crippen LogP contribution in [0.5, 0.6) is 11.5 Å². The van der Waals surface area contributed by atoms with Crippen molar-refractivity contribution in [2.75, 3.05) is 13.3 Å². The molecule has 0 saturated carbocycles. The van der Waals surface area contributed by atoms with Gasteiger partial charge in [-0.1, -0.05) is 0 Å². The van der Waals surface area contributed by atoms with E-state index in [1.54, 1.807) is 13.8 Å². The van der Waals surface area contributed by atoms with Crippen LogP contribution < -0.4 is 9.47 Å². The molecule has 0 unspecified atom stereocenters. The number of ether oxygens (including phenoxy) is 2. The molecule has 0 radical (unpaired) electrons. The van der Waals surface area contributed by atoms with Crippen molar-refractivity contribution in [3.05, 3.63) is 23.8 Å². The van der Waals surface area contributed by atoms with Gasteiger partial charge in [-0.2, -0.15) is 8.78 Å². The molecular weight excluding hydrogens is 233 g/mol. The van der Waals surface area contributed by atoms with Crippen LogP contribution in [0.1, 0.15) is 20.3 Å². The van der Waals surface area contributed by atoms with E-state index in [-0.39, 0.29) is 30.6 Å². The largest absolute Gasteiger partial charge is 0.490 e. The van der Waals surface area contributed by atoms with Crippen LogP contribution in [0.15, 0.2) is 12.1 Å². The Labute approximate surface area is 98.3 Å². The molecule has 0 fully saturated rings. The van der Waals surface area contributed by atoms with Crippen molar-refractivity contribution >= 4 is 0 Å². The second kappa shape index (κ2) is 6.37. The van der Waals surface area contributed by atoms with E-state index < -0.39 is 18.3 Å². The third-order valence-electron chi connectivity index (χ3n) is 1.91. The second-order valence-electron chi connectivity index (χ2n) is 3.75. The Morgan fingerprint density at radius 3 is 2.29 bits per heavy atom. The van der Waals surface area contributed by atoms with Crippen LogP contribution in [0.25, 0.3) is 0 Å². The van der Waals surface area contributed by atoms with E-state index >= 15 is 0 Å². The lowest BCUT2D eigenvalue weighted by Gasteiger charge is -2.13. The van der Waals surface area contributed by atoms with Gasteiger partial charge >= 0.3 is 0 Å². The molecule has 0 heterocycles. The molecule has 1 aromatic rings. The second-order valence-corrected chi connectivity index (χ2v) is 3.75. The van der Waals surface area contributed by atoms with Gasteiger partial charge in [-0.25, -0.2) is 0 Å². The molecule has 0 atom stereocenters. The fourth-order valence-corrected chi connectivity index (χ4v) is 1.21. The summed E-state index contributed by atoms with van der Waals surface area (Å²) >= 11 is 0. The number of alkyl halides is 1. The average Bonchev–Trinajstić information content (AvgIpc) is 2.28. The summed E-state index contributed by atoms with van der Waals surface area (Å²) in [5.74, 6) is -2.58. The summed E-state index contributed by atoms with van der Waals surface area (Å²) in [5, 5.41) is 0. The Morgan fingerprint density at radius 1 is 1.12 bits per heavy atom. The number of rotatable bonds is 6. The van der Waals surface area contributed by atoms with Gasteiger partial charge in [0.05, 0.1) is 19.4 Å². The standard InChI is InChI=1S/C12H15F3O2/c1-8(2)17-10-5-4-9(11(14)12(10)15)16-7-3-6-13/h4-5,8H,3,6-7H2,1-2H3. The summed E-state index contributed by atoms with van der Waals surface area (Å²) in [7, 11) is 0. The Bertz CT molecular complexity index is 367. The Balaban J connectivity index is 2.79. The third-order valence-corrected chi connectivity index (χ3v) is 1.91. The van der Waals surface area contributed by atoms with Crippen LogP contribution in [0.3, 0.4) is 0 Å². The van der Waals surface area contributed by atoms with E-state index in [2.05, 4.69) is 0 Å². The predicted molar refractivity (Wildman–Crippen MR) is 58.2 cm³/mol. The van der Waals surface area contributed by atoms with Gasteiger partial charge in [0, 0.05) is 6.42 Å². The van der Waals surface area contributed by atoms with E-state index in [0.29, 0.717) is 0 Å². The maximum Gasteiger partial charge on any atom is 0.204 e. The third kappa shape index (κ3) is 3.84. The molecule has 2 nitrogen and oxygen atoms in total. The Morgan fingerprint density at radius 2 is 1.71 bits per heavy atom. The zero-order valence-electron chi connectivity index (χ0n) is 9.80. The van der Waals surface area contributed by atoms with Gasteiger partial charge in [0.15, 0.2) is 11.5 Å². The highest BCUT2D eigenvalue weighted by atomic mass is 19.2. The van der Waals surface area contributed by atoms with Crippen molar-refractivity contribution in [1.29, 1.82) is 0 Å². The monoisotopic (exact) mass is 248 g/mol. The topological polar surface area (TPSA) is 18.5 Å². The first kappa shape index (κ1) is 13.7. The molecule has 0 amide bonds. The maximum absolute atomic E-state index is 13.5. The van der Waals surface area contributed by atoms with E-state index in [4.69, 9.17) is 9.47 Å². The number of benzene rings is 1. The van der Waals surface area contributed by atoms with E-state index in [1.165, 1.54) is 12.1 Å². The lowest BCUT2D eigenvalue weighted by Crippen LogP contribution is -2.08. The van der Waals surface area contributed by atoms with Gasteiger partial charge in [-0.05, 0) is 26.0 Å². The first-order valence-corrected chi connectivity index (χ1v) is 5.39. The number of hydrogen-bond acceptors (Lipinski definition) is 2. The molecule has 0 aliphatic rings. The minimum Gasteiger partial charge on any atom is -0.490 e. The van der Waals surface area contributed by atoms with Crippen LogP contribution in [0, 0.1) is 11.6 Å². The van der Waals surface area contributed by atoms with Crippen LogP contribution in [0.2, 0.25) is 0 Å². The summed E-state index contributed by atoms with van der Waals surface area (Å²) in [6.07, 6.45) is -0.104. The molecule has 0 aromatic heterocycles. The molecule has 0 N–H and O–H groups in total. The summed E-state index contributed by atoms with van der Waals surface area (Å²) in [6, 6.07) is 2.57. The minimum atomic E-state index is -1.11. The molecule has 0 aliphatic heterocycles. The van der Waals surface area contributed by atoms with Crippen molar-refractivity contribution in [3.63, 3.8) is 0 Å². The highest BCUT2D eigenvalue weighted by Crippen LogP contribution is 2.28. The van der Waals surface area contributed by atoms with Gasteiger partial charge in [0.2, 0.25) is 11.6 Å². The van der Waals surface area contributed by atoms with Crippen molar-refractivity contribution in [3.8, 4) is 11.5 Å². The maximum atomic E-state index is 13.5. The zero-order valence-corrected chi connectivity index (χ0v) is 9.80. The molecule has 0 aliphatic carbocycles. The van der Waals surface area contributed by atoms with Crippen LogP contribution >= 0.6 is 0 Å². The number of halogens is 3. The van der Waals surface area contributed by atoms with Gasteiger partial charge in [0.25, 0.3) is 0 Å². The molecular formula is C12H15F3O2. The first-order valence-electron chi connectivity index (χ1n) is 5.39. The van der Waals surface area contributed by atoms with E-state index in [1.807, 2.05) is 0 Å². The van der Waals surface area contributed by atoms with E-state index in [9.17, 15) is 13.2 Å². The van der Waals surface area contributed by atoms with E-state index in [0.717, 1.165) is 0 Å². The lowest BCUT2D eigenvalue weighted by molar-refractivity contribution is 0.223. The minimum absolute atomic E-state index is 0.0112. The van der Waals surface area contributed by atoms with Crippen LogP contribution in [0.4, 0.5) is 13.2 Å². The summed E-state index contributed by atoms with van der Waals surface area (Å²) in [4.78, 5) is 0. The highest BCUT2D eigenvalue weighted by Gasteiger charge is 2.16. The molecule has 5 heteroatoms. The van der Waals surface area contributed by atoms with Crippen molar-refractivity contribution in [2.24, 2.45) is 0 Å². The fourth-order valence-electron chi connectivity index (χ4n) is 1.21. The predicted octanol–water partition coefficient (Wildman–Crippen LogP) is 3.49. The fraction of sp³-hybridized carbons (Fsp3) is 0.500. The Kier molecular flexibility index (Phi) is 5.12. The van der Waals surface area contributed by atoms with Crippen molar-refractivity contribution in [1.82, 2.24) is 0 Å². The van der Waals surface area contributed by atoms with Crippen molar-refractivity contribution in [2.45, 2.75) is 26.4 Å². The van der Waals surface area contributed by atoms with Gasteiger partial charge in [0.1, 0.15) is 0 Å². The van der Waals surface area contributed by atoms with Crippen LogP contribution in [-0.4, -0.2) is 19.4 Å². The summed E-state index contributed by atoms with van der Waals surface area (Å²) in [5.41, 5.74) is 0. The normalized spacial score (nSPS) is 10.7. The molecule has 0 saturated heterocycles. The van der Waals surface area contributed by atoms with Crippen LogP contribution in [-0.2, 0) is 0 Å². The zero-order chi connectivity index (χ0) is 12.8. The molecule has 17 heavy (non-hydrogen) atoms. The van der Waals surface area contributed by atoms with Gasteiger partial charge in [-0.15, -0.1) is 0 Å². The summed E-state index contributed by atoms with van der Waals surface area (Å²) in [6.45, 7) is 2.88. The highest BCUT2D eigenvalue weighted by molar-refractivity contribution is 5.35. The molecule has 1 rings (SSSR count). The molecule has 1 aromatic carbocycles. The molecule has 96 valence electrons. The Hall–Kier alpha value is -1.39.